The van der Waals surface area contributed by atoms with Crippen molar-refractivity contribution in [3.05, 3.63) is 94.5 Å². The topological polar surface area (TPSA) is 64.3 Å². The van der Waals surface area contributed by atoms with Crippen LogP contribution in [0.15, 0.2) is 94.4 Å². The highest BCUT2D eigenvalue weighted by atomic mass is 32.2. The first-order valence-corrected chi connectivity index (χ1v) is 16.2. The molecule has 0 N–H and O–H groups in total. The molecule has 0 unspecified atom stereocenters. The third-order valence-electron chi connectivity index (χ3n) is 7.16. The number of nitrogens with zero attached hydrogens (tertiary/aromatic N) is 2. The van der Waals surface area contributed by atoms with Crippen LogP contribution in [0.1, 0.15) is 24.8 Å². The smallest absolute Gasteiger partial charge is 0.262 e. The molecule has 198 valence electrons. The predicted molar refractivity (Wildman–Crippen MR) is 163 cm³/mol. The van der Waals surface area contributed by atoms with Crippen LogP contribution in [0.2, 0.25) is 0 Å². The minimum absolute atomic E-state index is 0.274. The van der Waals surface area contributed by atoms with Crippen molar-refractivity contribution in [1.82, 2.24) is 0 Å². The van der Waals surface area contributed by atoms with Crippen LogP contribution in [0.4, 0.5) is 5.69 Å². The minimum Gasteiger partial charge on any atom is -0.748 e. The van der Waals surface area contributed by atoms with Gasteiger partial charge < -0.3 is 9.45 Å². The number of hydrogen-bond acceptors (Lipinski definition) is 6. The monoisotopic (exact) mass is 572 g/mol. The van der Waals surface area contributed by atoms with Crippen LogP contribution in [0, 0.1) is 0 Å². The fourth-order valence-electron chi connectivity index (χ4n) is 5.25. The van der Waals surface area contributed by atoms with E-state index in [1.54, 1.807) is 23.1 Å². The van der Waals surface area contributed by atoms with Gasteiger partial charge in [-0.2, -0.15) is 4.57 Å². The van der Waals surface area contributed by atoms with Gasteiger partial charge in [-0.1, -0.05) is 84.6 Å². The molecule has 0 spiro atoms. The first-order chi connectivity index (χ1) is 18.8. The summed E-state index contributed by atoms with van der Waals surface area (Å²) in [5.41, 5.74) is 3.51. The maximum Gasteiger partial charge on any atom is 0.262 e. The molecule has 0 bridgehead atoms. The van der Waals surface area contributed by atoms with E-state index < -0.39 is 10.1 Å². The van der Waals surface area contributed by atoms with Crippen LogP contribution in [0.5, 0.6) is 0 Å². The van der Waals surface area contributed by atoms with E-state index in [1.165, 1.54) is 31.6 Å². The number of benzene rings is 4. The van der Waals surface area contributed by atoms with Gasteiger partial charge in [0.2, 0.25) is 5.52 Å². The Morgan fingerprint density at radius 3 is 2.41 bits per heavy atom. The average Bonchev–Trinajstić information content (AvgIpc) is 3.44. The van der Waals surface area contributed by atoms with Gasteiger partial charge in [0.15, 0.2) is 0 Å². The van der Waals surface area contributed by atoms with Gasteiger partial charge in [0.05, 0.1) is 26.2 Å². The second-order valence-electron chi connectivity index (χ2n) is 9.69. The van der Waals surface area contributed by atoms with Crippen LogP contribution in [-0.4, -0.2) is 25.3 Å². The predicted octanol–water partition coefficient (Wildman–Crippen LogP) is 7.21. The molecule has 1 aromatic heterocycles. The molecule has 5 aromatic rings. The molecule has 1 aliphatic heterocycles. The number of rotatable bonds is 7. The number of anilines is 1. The fourth-order valence-corrected chi connectivity index (χ4v) is 8.05. The molecule has 0 amide bonds. The Bertz CT molecular complexity index is 1910. The lowest BCUT2D eigenvalue weighted by molar-refractivity contribution is -0.641. The first kappa shape index (κ1) is 26.1. The largest absolute Gasteiger partial charge is 0.748 e. The maximum absolute atomic E-state index is 11.4. The van der Waals surface area contributed by atoms with E-state index in [9.17, 15) is 13.0 Å². The van der Waals surface area contributed by atoms with E-state index >= 15 is 0 Å². The number of hydrogen-bond donors (Lipinski definition) is 0. The molecule has 0 fully saturated rings. The van der Waals surface area contributed by atoms with Gasteiger partial charge in [-0.15, -0.1) is 0 Å². The van der Waals surface area contributed by atoms with Gasteiger partial charge in [0, 0.05) is 28.7 Å². The highest BCUT2D eigenvalue weighted by Crippen LogP contribution is 2.50. The van der Waals surface area contributed by atoms with Crippen molar-refractivity contribution in [2.75, 3.05) is 17.2 Å². The minimum atomic E-state index is -4.27. The highest BCUT2D eigenvalue weighted by Gasteiger charge is 2.27. The summed E-state index contributed by atoms with van der Waals surface area (Å²) >= 11 is 3.48. The summed E-state index contributed by atoms with van der Waals surface area (Å²) in [4.78, 5) is 3.33. The lowest BCUT2D eigenvalue weighted by Crippen LogP contribution is -2.29. The van der Waals surface area contributed by atoms with Crippen molar-refractivity contribution in [3.8, 4) is 0 Å². The van der Waals surface area contributed by atoms with Crippen LogP contribution in [0.3, 0.4) is 0 Å². The maximum atomic E-state index is 11.4. The third-order valence-corrected chi connectivity index (χ3v) is 10.2. The Morgan fingerprint density at radius 2 is 1.67 bits per heavy atom. The molecule has 0 saturated carbocycles. The van der Waals surface area contributed by atoms with Crippen molar-refractivity contribution >= 4 is 76.7 Å². The lowest BCUT2D eigenvalue weighted by Gasteiger charge is -2.22. The number of aryl methyl sites for hydroxylation is 1. The summed E-state index contributed by atoms with van der Waals surface area (Å²) in [6.45, 7) is 2.61. The normalized spacial score (nSPS) is 15.2. The van der Waals surface area contributed by atoms with E-state index in [-0.39, 0.29) is 12.2 Å². The molecular formula is C31H28N2O3S3. The van der Waals surface area contributed by atoms with Gasteiger partial charge in [-0.05, 0) is 53.5 Å². The van der Waals surface area contributed by atoms with E-state index in [4.69, 9.17) is 0 Å². The molecule has 0 aliphatic carbocycles. The summed E-state index contributed by atoms with van der Waals surface area (Å²) in [5, 5.41) is 6.96. The van der Waals surface area contributed by atoms with E-state index in [1.807, 2.05) is 12.1 Å². The van der Waals surface area contributed by atoms with Gasteiger partial charge in [0.25, 0.3) is 5.01 Å². The summed E-state index contributed by atoms with van der Waals surface area (Å²) in [7, 11) is -2.15. The average molecular weight is 573 g/mol. The summed E-state index contributed by atoms with van der Waals surface area (Å²) < 4.78 is 37.6. The molecule has 39 heavy (non-hydrogen) atoms. The zero-order chi connectivity index (χ0) is 27.1. The summed E-state index contributed by atoms with van der Waals surface area (Å²) in [6.07, 6.45) is 5.59. The number of thioether (sulfide) groups is 1. The molecule has 0 saturated heterocycles. The highest BCUT2D eigenvalue weighted by molar-refractivity contribution is 8.03. The quantitative estimate of drug-likeness (QED) is 0.152. The van der Waals surface area contributed by atoms with Crippen molar-refractivity contribution in [1.29, 1.82) is 0 Å². The molecule has 6 rings (SSSR count). The van der Waals surface area contributed by atoms with Crippen LogP contribution >= 0.6 is 23.1 Å². The zero-order valence-electron chi connectivity index (χ0n) is 21.8. The molecule has 1 aliphatic rings. The van der Waals surface area contributed by atoms with E-state index in [0.717, 1.165) is 32.8 Å². The van der Waals surface area contributed by atoms with Crippen LogP contribution in [0.25, 0.3) is 37.8 Å². The lowest BCUT2D eigenvalue weighted by atomic mass is 10.1. The standard InChI is InChI=1S/C31H28N2O3S3/c1-3-21(19-28-32(2)30-24-11-6-4-9-22(24)13-15-26(30)37-28)20-29-33(17-8-18-39(34,35)36)31-25-12-7-5-10-23(25)14-16-27(31)38-29/h4-7,9-16,19-20H,3,8,17-18H2,1-2H3. The number of fused-ring (bicyclic) bond motifs is 6. The fraction of sp³-hybridized carbons (Fsp3) is 0.194. The van der Waals surface area contributed by atoms with Gasteiger partial charge in [-0.25, -0.2) is 8.42 Å². The summed E-state index contributed by atoms with van der Waals surface area (Å²) in [5.74, 6) is -0.371. The van der Waals surface area contributed by atoms with Crippen molar-refractivity contribution in [2.45, 2.75) is 24.7 Å². The molecule has 0 radical (unpaired) electrons. The molecule has 5 nitrogen and oxygen atoms in total. The van der Waals surface area contributed by atoms with E-state index in [2.05, 4.69) is 96.3 Å². The zero-order valence-corrected chi connectivity index (χ0v) is 24.2. The second-order valence-corrected chi connectivity index (χ2v) is 13.3. The second kappa shape index (κ2) is 10.4. The SMILES string of the molecule is CCC(/C=C1\Sc2ccc3ccccc3c2N1CCCS(=O)(=O)[O-])=C\c1sc2ccc3ccccc3c2[n+]1C. The summed E-state index contributed by atoms with van der Waals surface area (Å²) in [6, 6.07) is 25.4. The van der Waals surface area contributed by atoms with Gasteiger partial charge >= 0.3 is 0 Å². The van der Waals surface area contributed by atoms with E-state index in [0.29, 0.717) is 6.54 Å². The Kier molecular flexibility index (Phi) is 6.97. The van der Waals surface area contributed by atoms with Crippen molar-refractivity contribution < 1.29 is 17.5 Å². The van der Waals surface area contributed by atoms with Crippen LogP contribution in [-0.2, 0) is 17.2 Å². The Balaban J connectivity index is 1.42. The number of aromatic nitrogens is 1. The molecular weight excluding hydrogens is 545 g/mol. The molecule has 0 atom stereocenters. The number of thiazole rings is 1. The van der Waals surface area contributed by atoms with Gasteiger partial charge in [-0.3, -0.25) is 0 Å². The number of allylic oxidation sites excluding steroid dienone is 2. The van der Waals surface area contributed by atoms with Crippen molar-refractivity contribution in [2.24, 2.45) is 7.05 Å². The Hall–Kier alpha value is -3.17. The molecule has 8 heteroatoms. The van der Waals surface area contributed by atoms with Gasteiger partial charge in [0.1, 0.15) is 11.7 Å². The third kappa shape index (κ3) is 5.10. The molecule has 2 heterocycles. The Morgan fingerprint density at radius 1 is 0.974 bits per heavy atom. The van der Waals surface area contributed by atoms with Crippen LogP contribution < -0.4 is 9.47 Å². The van der Waals surface area contributed by atoms with Crippen molar-refractivity contribution in [3.63, 3.8) is 0 Å². The molecule has 4 aromatic carbocycles. The Labute approximate surface area is 236 Å². The first-order valence-electron chi connectivity index (χ1n) is 13.0.